The Morgan fingerprint density at radius 3 is 2.58 bits per heavy atom. The molecule has 0 bridgehead atoms. The Balaban J connectivity index is 1.55. The van der Waals surface area contributed by atoms with Gasteiger partial charge in [-0.3, -0.25) is 14.4 Å². The molecule has 0 spiro atoms. The molecule has 4 rings (SSSR count). The first kappa shape index (κ1) is 23.7. The molecule has 1 aromatic carbocycles. The maximum Gasteiger partial charge on any atom is 0.246 e. The van der Waals surface area contributed by atoms with Crippen molar-refractivity contribution in [2.75, 3.05) is 12.8 Å². The van der Waals surface area contributed by atoms with Crippen molar-refractivity contribution in [3.05, 3.63) is 35.4 Å². The smallest absolute Gasteiger partial charge is 0.246 e. The van der Waals surface area contributed by atoms with Gasteiger partial charge in [-0.1, -0.05) is 24.3 Å². The minimum absolute atomic E-state index is 0.000675. The molecule has 0 radical (unpaired) electrons. The quantitative estimate of drug-likeness (QED) is 0.565. The Morgan fingerprint density at radius 2 is 1.82 bits per heavy atom. The van der Waals surface area contributed by atoms with Gasteiger partial charge in [0.15, 0.2) is 9.84 Å². The van der Waals surface area contributed by atoms with E-state index in [0.717, 1.165) is 24.8 Å². The number of benzene rings is 1. The van der Waals surface area contributed by atoms with Gasteiger partial charge < -0.3 is 20.9 Å². The topological polar surface area (TPSA) is 125 Å². The highest BCUT2D eigenvalue weighted by atomic mass is 32.2. The van der Waals surface area contributed by atoms with E-state index in [4.69, 9.17) is 0 Å². The van der Waals surface area contributed by atoms with Gasteiger partial charge in [0.05, 0.1) is 17.8 Å². The lowest BCUT2D eigenvalue weighted by Crippen LogP contribution is -2.56. The van der Waals surface area contributed by atoms with Crippen LogP contribution in [0.5, 0.6) is 0 Å². The second-order valence-corrected chi connectivity index (χ2v) is 11.5. The third kappa shape index (κ3) is 4.63. The second-order valence-electron chi connectivity index (χ2n) is 9.17. The summed E-state index contributed by atoms with van der Waals surface area (Å²) in [5.74, 6) is -1.42. The van der Waals surface area contributed by atoms with Crippen LogP contribution in [0.4, 0.5) is 0 Å². The molecule has 2 aliphatic heterocycles. The molecule has 1 aromatic rings. The molecule has 0 saturated carbocycles. The Labute approximate surface area is 194 Å². The SMILES string of the molecule is CN[C@@H](C)C(=O)N[C@H]1CCS(=O)(=O)C2CC[C@@H](C(=O)N[C@@H]3CCCc4ccccc43)N2C1=O. The molecular weight excluding hydrogens is 444 g/mol. The van der Waals surface area contributed by atoms with Crippen LogP contribution >= 0.6 is 0 Å². The minimum Gasteiger partial charge on any atom is -0.347 e. The van der Waals surface area contributed by atoms with E-state index >= 15 is 0 Å². The van der Waals surface area contributed by atoms with Gasteiger partial charge >= 0.3 is 0 Å². The van der Waals surface area contributed by atoms with Gasteiger partial charge in [-0.2, -0.15) is 0 Å². The molecule has 1 unspecified atom stereocenters. The highest BCUT2D eigenvalue weighted by molar-refractivity contribution is 7.92. The summed E-state index contributed by atoms with van der Waals surface area (Å²) in [5.41, 5.74) is 2.28. The summed E-state index contributed by atoms with van der Waals surface area (Å²) in [6.07, 6.45) is 3.21. The van der Waals surface area contributed by atoms with Gasteiger partial charge in [0.25, 0.3) is 0 Å². The zero-order valence-corrected chi connectivity index (χ0v) is 19.9. The van der Waals surface area contributed by atoms with Crippen molar-refractivity contribution >= 4 is 27.6 Å². The molecule has 3 aliphatic rings. The molecule has 3 amide bonds. The number of nitrogens with zero attached hydrogens (tertiary/aromatic N) is 1. The summed E-state index contributed by atoms with van der Waals surface area (Å²) >= 11 is 0. The van der Waals surface area contributed by atoms with Crippen LogP contribution in [0.25, 0.3) is 0 Å². The normalized spacial score (nSPS) is 29.4. The molecule has 2 saturated heterocycles. The minimum atomic E-state index is -3.61. The van der Waals surface area contributed by atoms with E-state index in [1.807, 2.05) is 18.2 Å². The highest BCUT2D eigenvalue weighted by Gasteiger charge is 2.51. The maximum absolute atomic E-state index is 13.4. The summed E-state index contributed by atoms with van der Waals surface area (Å²) < 4.78 is 25.8. The van der Waals surface area contributed by atoms with Crippen LogP contribution < -0.4 is 16.0 Å². The molecule has 10 heteroatoms. The molecule has 2 heterocycles. The molecule has 33 heavy (non-hydrogen) atoms. The first-order valence-corrected chi connectivity index (χ1v) is 13.3. The third-order valence-electron chi connectivity index (χ3n) is 7.12. The molecule has 180 valence electrons. The molecule has 2 fully saturated rings. The standard InChI is InChI=1S/C23H32N4O5S/c1-14(24-2)21(28)26-18-12-13-33(31,32)20-11-10-19(27(20)23(18)30)22(29)25-17-9-5-7-15-6-3-4-8-16(15)17/h3-4,6,8,14,17-20,24H,5,7,9-13H2,1-2H3,(H,25,29)(H,26,28)/t14-,17+,18-,19-,20?/m0/s1. The Bertz CT molecular complexity index is 1040. The van der Waals surface area contributed by atoms with E-state index in [0.29, 0.717) is 0 Å². The Hall–Kier alpha value is -2.46. The maximum atomic E-state index is 13.4. The average Bonchev–Trinajstić information content (AvgIpc) is 3.24. The van der Waals surface area contributed by atoms with E-state index in [-0.39, 0.29) is 42.9 Å². The van der Waals surface area contributed by atoms with Crippen LogP contribution in [0.15, 0.2) is 24.3 Å². The zero-order chi connectivity index (χ0) is 23.8. The van der Waals surface area contributed by atoms with Crippen LogP contribution in [-0.2, 0) is 30.6 Å². The number of rotatable bonds is 5. The number of amides is 3. The number of carbonyl (C=O) groups excluding carboxylic acids is 3. The lowest BCUT2D eigenvalue weighted by Gasteiger charge is -2.32. The van der Waals surface area contributed by atoms with Crippen molar-refractivity contribution in [2.45, 2.75) is 75.0 Å². The first-order chi connectivity index (χ1) is 15.7. The number of fused-ring (bicyclic) bond motifs is 2. The number of hydrogen-bond donors (Lipinski definition) is 3. The van der Waals surface area contributed by atoms with Crippen LogP contribution in [0, 0.1) is 0 Å². The molecule has 1 aliphatic carbocycles. The lowest BCUT2D eigenvalue weighted by atomic mass is 9.87. The van der Waals surface area contributed by atoms with Gasteiger partial charge in [0.1, 0.15) is 17.5 Å². The van der Waals surface area contributed by atoms with Crippen molar-refractivity contribution in [1.82, 2.24) is 20.9 Å². The summed E-state index contributed by atoms with van der Waals surface area (Å²) in [4.78, 5) is 40.3. The fourth-order valence-electron chi connectivity index (χ4n) is 5.14. The van der Waals surface area contributed by atoms with Crippen molar-refractivity contribution in [1.29, 1.82) is 0 Å². The highest BCUT2D eigenvalue weighted by Crippen LogP contribution is 2.34. The van der Waals surface area contributed by atoms with E-state index in [1.165, 1.54) is 10.5 Å². The van der Waals surface area contributed by atoms with Crippen molar-refractivity contribution in [2.24, 2.45) is 0 Å². The molecular formula is C23H32N4O5S. The van der Waals surface area contributed by atoms with Gasteiger partial charge in [-0.05, 0) is 63.6 Å². The van der Waals surface area contributed by atoms with Crippen molar-refractivity contribution < 1.29 is 22.8 Å². The number of likely N-dealkylation sites (N-methyl/N-ethyl adjacent to an activating group) is 1. The second kappa shape index (κ2) is 9.42. The van der Waals surface area contributed by atoms with Gasteiger partial charge in [-0.15, -0.1) is 0 Å². The van der Waals surface area contributed by atoms with E-state index < -0.39 is 39.2 Å². The van der Waals surface area contributed by atoms with Gasteiger partial charge in [-0.25, -0.2) is 8.42 Å². The number of hydrogen-bond acceptors (Lipinski definition) is 6. The number of aryl methyl sites for hydroxylation is 1. The van der Waals surface area contributed by atoms with Crippen molar-refractivity contribution in [3.63, 3.8) is 0 Å². The van der Waals surface area contributed by atoms with E-state index in [9.17, 15) is 22.8 Å². The molecule has 3 N–H and O–H groups in total. The summed E-state index contributed by atoms with van der Waals surface area (Å²) in [6.45, 7) is 1.66. The largest absolute Gasteiger partial charge is 0.347 e. The van der Waals surface area contributed by atoms with Crippen molar-refractivity contribution in [3.8, 4) is 0 Å². The number of carbonyl (C=O) groups is 3. The number of sulfone groups is 1. The van der Waals surface area contributed by atoms with E-state index in [2.05, 4.69) is 22.0 Å². The van der Waals surface area contributed by atoms with Crippen LogP contribution in [0.1, 0.15) is 56.2 Å². The van der Waals surface area contributed by atoms with Crippen LogP contribution in [0.3, 0.4) is 0 Å². The number of nitrogens with one attached hydrogen (secondary N) is 3. The molecule has 9 nitrogen and oxygen atoms in total. The zero-order valence-electron chi connectivity index (χ0n) is 19.0. The third-order valence-corrected chi connectivity index (χ3v) is 9.22. The summed E-state index contributed by atoms with van der Waals surface area (Å²) in [7, 11) is -1.99. The fourth-order valence-corrected chi connectivity index (χ4v) is 7.07. The Kier molecular flexibility index (Phi) is 6.76. The Morgan fingerprint density at radius 1 is 1.06 bits per heavy atom. The summed E-state index contributed by atoms with van der Waals surface area (Å²) in [5, 5.41) is 7.53. The lowest BCUT2D eigenvalue weighted by molar-refractivity contribution is -0.142. The molecule has 5 atom stereocenters. The average molecular weight is 477 g/mol. The van der Waals surface area contributed by atoms with E-state index in [1.54, 1.807) is 14.0 Å². The predicted octanol–water partition coefficient (Wildman–Crippen LogP) is 0.409. The monoisotopic (exact) mass is 476 g/mol. The van der Waals surface area contributed by atoms with Crippen LogP contribution in [0.2, 0.25) is 0 Å². The molecule has 0 aromatic heterocycles. The first-order valence-electron chi connectivity index (χ1n) is 11.6. The van der Waals surface area contributed by atoms with Gasteiger partial charge in [0.2, 0.25) is 17.7 Å². The summed E-state index contributed by atoms with van der Waals surface area (Å²) in [6, 6.07) is 5.46. The van der Waals surface area contributed by atoms with Gasteiger partial charge in [0, 0.05) is 0 Å². The van der Waals surface area contributed by atoms with Crippen LogP contribution in [-0.4, -0.2) is 67.3 Å². The predicted molar refractivity (Wildman–Crippen MR) is 123 cm³/mol. The fraction of sp³-hybridized carbons (Fsp3) is 0.609.